The van der Waals surface area contributed by atoms with E-state index in [1.807, 2.05) is 25.1 Å². The number of anilines is 2. The van der Waals surface area contributed by atoms with Crippen molar-refractivity contribution < 1.29 is 9.53 Å². The summed E-state index contributed by atoms with van der Waals surface area (Å²) in [5.74, 6) is -0.616. The summed E-state index contributed by atoms with van der Waals surface area (Å²) in [4.78, 5) is 13.8. The Hall–Kier alpha value is -2.48. The van der Waals surface area contributed by atoms with Gasteiger partial charge in [-0.3, -0.25) is 0 Å². The number of nitrogens with one attached hydrogen (secondary N) is 1. The molecule has 0 saturated carbocycles. The topological polar surface area (TPSA) is 65.4 Å². The standard InChI is InChI=1S/C17H23N3O2/c1-5-20(6-2)15-8-9-16(13(4)10-15)19-12-14(11-18)17(21)22-7-3/h8-10,12,19H,5-7H2,1-4H3. The molecule has 5 nitrogen and oxygen atoms in total. The average molecular weight is 301 g/mol. The Bertz CT molecular complexity index is 584. The predicted molar refractivity (Wildman–Crippen MR) is 88.7 cm³/mol. The lowest BCUT2D eigenvalue weighted by Crippen LogP contribution is -2.21. The molecule has 0 aromatic heterocycles. The smallest absolute Gasteiger partial charge is 0.350 e. The third-order valence-electron chi connectivity index (χ3n) is 3.33. The van der Waals surface area contributed by atoms with Crippen molar-refractivity contribution in [1.29, 1.82) is 5.26 Å². The maximum atomic E-state index is 11.5. The summed E-state index contributed by atoms with van der Waals surface area (Å²) in [6.07, 6.45) is 1.39. The lowest BCUT2D eigenvalue weighted by molar-refractivity contribution is -0.138. The van der Waals surface area contributed by atoms with Crippen molar-refractivity contribution >= 4 is 17.3 Å². The van der Waals surface area contributed by atoms with Crippen molar-refractivity contribution in [3.63, 3.8) is 0 Å². The largest absolute Gasteiger partial charge is 0.462 e. The Morgan fingerprint density at radius 2 is 2.05 bits per heavy atom. The maximum absolute atomic E-state index is 11.5. The molecule has 0 bridgehead atoms. The molecule has 0 radical (unpaired) electrons. The Morgan fingerprint density at radius 1 is 1.36 bits per heavy atom. The number of nitrogens with zero attached hydrogens (tertiary/aromatic N) is 2. The van der Waals surface area contributed by atoms with E-state index in [1.54, 1.807) is 6.92 Å². The summed E-state index contributed by atoms with van der Waals surface area (Å²) in [5.41, 5.74) is 3.01. The maximum Gasteiger partial charge on any atom is 0.350 e. The highest BCUT2D eigenvalue weighted by atomic mass is 16.5. The number of carbonyl (C=O) groups is 1. The number of benzene rings is 1. The van der Waals surface area contributed by atoms with Crippen LogP contribution in [0.1, 0.15) is 26.3 Å². The Labute approximate surface area is 132 Å². The molecule has 0 aliphatic heterocycles. The Morgan fingerprint density at radius 3 is 2.55 bits per heavy atom. The van der Waals surface area contributed by atoms with Gasteiger partial charge in [0.1, 0.15) is 6.07 Å². The lowest BCUT2D eigenvalue weighted by Gasteiger charge is -2.22. The van der Waals surface area contributed by atoms with E-state index in [9.17, 15) is 4.79 Å². The summed E-state index contributed by atoms with van der Waals surface area (Å²) < 4.78 is 4.82. The second kappa shape index (κ2) is 8.73. The normalized spacial score (nSPS) is 10.8. The van der Waals surface area contributed by atoms with E-state index in [0.29, 0.717) is 0 Å². The van der Waals surface area contributed by atoms with E-state index in [4.69, 9.17) is 10.00 Å². The van der Waals surface area contributed by atoms with E-state index in [2.05, 4.69) is 30.1 Å². The Balaban J connectivity index is 2.91. The van der Waals surface area contributed by atoms with Crippen LogP contribution in [0.25, 0.3) is 0 Å². The quantitative estimate of drug-likeness (QED) is 0.476. The van der Waals surface area contributed by atoms with Crippen molar-refractivity contribution in [3.8, 4) is 6.07 Å². The van der Waals surface area contributed by atoms with Gasteiger partial charge in [0.05, 0.1) is 6.61 Å². The van der Waals surface area contributed by atoms with Crippen LogP contribution in [0.2, 0.25) is 0 Å². The second-order valence-electron chi connectivity index (χ2n) is 4.71. The highest BCUT2D eigenvalue weighted by Gasteiger charge is 2.10. The predicted octanol–water partition coefficient (Wildman–Crippen LogP) is 3.22. The van der Waals surface area contributed by atoms with E-state index < -0.39 is 5.97 Å². The van der Waals surface area contributed by atoms with Crippen LogP contribution < -0.4 is 10.2 Å². The van der Waals surface area contributed by atoms with Crippen molar-refractivity contribution in [2.75, 3.05) is 29.9 Å². The number of carbonyl (C=O) groups excluding carboxylic acids is 1. The van der Waals surface area contributed by atoms with Gasteiger partial charge in [-0.2, -0.15) is 5.26 Å². The summed E-state index contributed by atoms with van der Waals surface area (Å²) >= 11 is 0. The van der Waals surface area contributed by atoms with Gasteiger partial charge in [-0.25, -0.2) is 4.79 Å². The molecule has 5 heteroatoms. The summed E-state index contributed by atoms with van der Waals surface area (Å²) in [5, 5.41) is 12.0. The number of aryl methyl sites for hydroxylation is 1. The zero-order valence-corrected chi connectivity index (χ0v) is 13.6. The molecule has 0 aliphatic rings. The molecule has 0 atom stereocenters. The molecule has 118 valence electrons. The van der Waals surface area contributed by atoms with Crippen molar-refractivity contribution in [1.82, 2.24) is 0 Å². The van der Waals surface area contributed by atoms with Gasteiger partial charge in [-0.15, -0.1) is 0 Å². The molecule has 1 aromatic rings. The van der Waals surface area contributed by atoms with Gasteiger partial charge in [0.25, 0.3) is 0 Å². The number of nitriles is 1. The molecule has 1 rings (SSSR count). The number of hydrogen-bond acceptors (Lipinski definition) is 5. The highest BCUT2D eigenvalue weighted by molar-refractivity contribution is 5.93. The molecule has 1 N–H and O–H groups in total. The second-order valence-corrected chi connectivity index (χ2v) is 4.71. The highest BCUT2D eigenvalue weighted by Crippen LogP contribution is 2.22. The van der Waals surface area contributed by atoms with Gasteiger partial charge >= 0.3 is 5.97 Å². The van der Waals surface area contributed by atoms with Crippen LogP contribution in [0.15, 0.2) is 30.0 Å². The van der Waals surface area contributed by atoms with Crippen molar-refractivity contribution in [3.05, 3.63) is 35.5 Å². The van der Waals surface area contributed by atoms with Gasteiger partial charge in [-0.1, -0.05) is 0 Å². The molecule has 0 heterocycles. The molecule has 0 spiro atoms. The number of esters is 1. The van der Waals surface area contributed by atoms with Gasteiger partial charge in [0.15, 0.2) is 5.57 Å². The number of rotatable bonds is 7. The summed E-state index contributed by atoms with van der Waals surface area (Å²) in [7, 11) is 0. The van der Waals surface area contributed by atoms with Crippen LogP contribution in [0.4, 0.5) is 11.4 Å². The zero-order chi connectivity index (χ0) is 16.5. The van der Waals surface area contributed by atoms with E-state index in [-0.39, 0.29) is 12.2 Å². The first kappa shape index (κ1) is 17.6. The van der Waals surface area contributed by atoms with Crippen molar-refractivity contribution in [2.24, 2.45) is 0 Å². The third kappa shape index (κ3) is 4.52. The Kier molecular flexibility index (Phi) is 6.97. The van der Waals surface area contributed by atoms with Crippen molar-refractivity contribution in [2.45, 2.75) is 27.7 Å². The first-order valence-electron chi connectivity index (χ1n) is 7.46. The SMILES string of the molecule is CCOC(=O)C(C#N)=CNc1ccc(N(CC)CC)cc1C. The molecule has 0 aliphatic carbocycles. The van der Waals surface area contributed by atoms with E-state index in [0.717, 1.165) is 30.0 Å². The van der Waals surface area contributed by atoms with Crippen LogP contribution >= 0.6 is 0 Å². The minimum absolute atomic E-state index is 0.0472. The molecule has 0 unspecified atom stereocenters. The van der Waals surface area contributed by atoms with Gasteiger partial charge < -0.3 is 15.0 Å². The zero-order valence-electron chi connectivity index (χ0n) is 13.6. The molecule has 0 fully saturated rings. The number of ether oxygens (including phenoxy) is 1. The fourth-order valence-electron chi connectivity index (χ4n) is 2.09. The lowest BCUT2D eigenvalue weighted by atomic mass is 10.1. The fraction of sp³-hybridized carbons (Fsp3) is 0.412. The molecular formula is C17H23N3O2. The van der Waals surface area contributed by atoms with Gasteiger partial charge in [0.2, 0.25) is 0 Å². The van der Waals surface area contributed by atoms with E-state index >= 15 is 0 Å². The van der Waals surface area contributed by atoms with Crippen LogP contribution in [-0.4, -0.2) is 25.7 Å². The molecule has 0 amide bonds. The summed E-state index contributed by atoms with van der Waals surface area (Å²) in [6, 6.07) is 7.89. The average Bonchev–Trinajstić information content (AvgIpc) is 2.51. The monoisotopic (exact) mass is 301 g/mol. The fourth-order valence-corrected chi connectivity index (χ4v) is 2.09. The first-order valence-corrected chi connectivity index (χ1v) is 7.46. The first-order chi connectivity index (χ1) is 10.6. The molecule has 22 heavy (non-hydrogen) atoms. The molecular weight excluding hydrogens is 278 g/mol. The van der Waals surface area contributed by atoms with Crippen LogP contribution in [-0.2, 0) is 9.53 Å². The minimum Gasteiger partial charge on any atom is -0.462 e. The van der Waals surface area contributed by atoms with Crippen LogP contribution in [0.3, 0.4) is 0 Å². The van der Waals surface area contributed by atoms with Gasteiger partial charge in [0, 0.05) is 30.7 Å². The summed E-state index contributed by atoms with van der Waals surface area (Å²) in [6.45, 7) is 10.1. The van der Waals surface area contributed by atoms with Crippen LogP contribution in [0.5, 0.6) is 0 Å². The van der Waals surface area contributed by atoms with E-state index in [1.165, 1.54) is 6.20 Å². The van der Waals surface area contributed by atoms with Gasteiger partial charge in [-0.05, 0) is 51.5 Å². The molecule has 1 aromatic carbocycles. The van der Waals surface area contributed by atoms with Crippen LogP contribution in [0, 0.1) is 18.3 Å². The number of hydrogen-bond donors (Lipinski definition) is 1. The molecule has 0 saturated heterocycles. The third-order valence-corrected chi connectivity index (χ3v) is 3.33. The minimum atomic E-state index is -0.616.